The maximum absolute atomic E-state index is 11.5. The van der Waals surface area contributed by atoms with Gasteiger partial charge < -0.3 is 0 Å². The highest BCUT2D eigenvalue weighted by Gasteiger charge is 2.36. The molecule has 0 saturated carbocycles. The summed E-state index contributed by atoms with van der Waals surface area (Å²) in [7, 11) is 0. The Morgan fingerprint density at radius 1 is 1.40 bits per heavy atom. The van der Waals surface area contributed by atoms with Crippen LogP contribution in [0.2, 0.25) is 5.02 Å². The molecule has 1 heterocycles. The van der Waals surface area contributed by atoms with E-state index in [-0.39, 0.29) is 6.54 Å². The summed E-state index contributed by atoms with van der Waals surface area (Å²) < 4.78 is 0. The lowest BCUT2D eigenvalue weighted by Gasteiger charge is -2.13. The molecule has 1 aromatic rings. The predicted molar refractivity (Wildman–Crippen MR) is 57.0 cm³/mol. The van der Waals surface area contributed by atoms with Crippen LogP contribution in [0.4, 0.5) is 5.69 Å². The van der Waals surface area contributed by atoms with Gasteiger partial charge in [0.2, 0.25) is 0 Å². The monoisotopic (exact) mass is 219 g/mol. The van der Waals surface area contributed by atoms with Crippen molar-refractivity contribution in [3.63, 3.8) is 0 Å². The molecule has 0 radical (unpaired) electrons. The molecule has 74 valence electrons. The molecule has 0 aromatic heterocycles. The molecule has 0 saturated heterocycles. The maximum Gasteiger partial charge on any atom is 0.300 e. The van der Waals surface area contributed by atoms with E-state index >= 15 is 0 Å². The summed E-state index contributed by atoms with van der Waals surface area (Å²) in [5.41, 5.74) is 0.745. The molecule has 1 amide bonds. The molecule has 0 fully saturated rings. The average Bonchev–Trinajstić information content (AvgIpc) is 2.46. The van der Waals surface area contributed by atoms with E-state index in [0.717, 1.165) is 0 Å². The summed E-state index contributed by atoms with van der Waals surface area (Å²) >= 11 is 5.92. The van der Waals surface area contributed by atoms with E-state index in [1.54, 1.807) is 18.2 Å². The number of hydrogen-bond acceptors (Lipinski definition) is 2. The van der Waals surface area contributed by atoms with Crippen LogP contribution in [0.25, 0.3) is 0 Å². The molecule has 0 unspecified atom stereocenters. The van der Waals surface area contributed by atoms with Gasteiger partial charge >= 0.3 is 0 Å². The van der Waals surface area contributed by atoms with Gasteiger partial charge in [-0.1, -0.05) is 23.6 Å². The zero-order valence-corrected chi connectivity index (χ0v) is 8.41. The number of carbonyl (C=O) groups excluding carboxylic acids is 2. The van der Waals surface area contributed by atoms with Crippen LogP contribution in [0.1, 0.15) is 10.4 Å². The Morgan fingerprint density at radius 2 is 2.13 bits per heavy atom. The van der Waals surface area contributed by atoms with Crippen LogP contribution >= 0.6 is 11.6 Å². The topological polar surface area (TPSA) is 37.4 Å². The number of carbonyl (C=O) groups is 2. The van der Waals surface area contributed by atoms with E-state index in [9.17, 15) is 9.59 Å². The largest absolute Gasteiger partial charge is 0.300 e. The number of rotatable bonds is 1. The lowest BCUT2D eigenvalue weighted by atomic mass is 10.1. The second kappa shape index (κ2) is 3.41. The minimum Gasteiger partial charge on any atom is -0.292 e. The molecule has 4 heteroatoms. The Labute approximate surface area is 91.6 Å². The van der Waals surface area contributed by atoms with E-state index in [2.05, 4.69) is 5.92 Å². The van der Waals surface area contributed by atoms with E-state index in [4.69, 9.17) is 18.0 Å². The molecule has 0 atom stereocenters. The zero-order chi connectivity index (χ0) is 11.0. The van der Waals surface area contributed by atoms with Gasteiger partial charge in [0, 0.05) is 0 Å². The van der Waals surface area contributed by atoms with Crippen molar-refractivity contribution in [2.24, 2.45) is 0 Å². The van der Waals surface area contributed by atoms with Crippen LogP contribution in [0, 0.1) is 12.3 Å². The molecule has 0 bridgehead atoms. The zero-order valence-electron chi connectivity index (χ0n) is 7.66. The minimum atomic E-state index is -0.615. The highest BCUT2D eigenvalue weighted by Crippen LogP contribution is 2.35. The molecular weight excluding hydrogens is 214 g/mol. The van der Waals surface area contributed by atoms with Gasteiger partial charge in [-0.25, -0.2) is 0 Å². The number of benzene rings is 1. The van der Waals surface area contributed by atoms with E-state index in [1.807, 2.05) is 0 Å². The molecule has 1 aliphatic heterocycles. The summed E-state index contributed by atoms with van der Waals surface area (Å²) in [6.45, 7) is 0.0569. The van der Waals surface area contributed by atoms with Crippen LogP contribution in [-0.2, 0) is 4.79 Å². The number of fused-ring (bicyclic) bond motifs is 1. The quantitative estimate of drug-likeness (QED) is 0.530. The van der Waals surface area contributed by atoms with Crippen molar-refractivity contribution in [1.82, 2.24) is 0 Å². The molecule has 0 spiro atoms. The van der Waals surface area contributed by atoms with E-state index in [0.29, 0.717) is 16.3 Å². The second-order valence-electron chi connectivity index (χ2n) is 3.06. The number of amides is 1. The highest BCUT2D eigenvalue weighted by atomic mass is 35.5. The fourth-order valence-electron chi connectivity index (χ4n) is 1.55. The van der Waals surface area contributed by atoms with Gasteiger partial charge in [0.1, 0.15) is 0 Å². The molecule has 15 heavy (non-hydrogen) atoms. The van der Waals surface area contributed by atoms with Crippen molar-refractivity contribution in [2.45, 2.75) is 0 Å². The fourth-order valence-corrected chi connectivity index (χ4v) is 1.83. The number of para-hydroxylation sites is 1. The number of halogens is 1. The van der Waals surface area contributed by atoms with Gasteiger partial charge in [-0.2, -0.15) is 0 Å². The van der Waals surface area contributed by atoms with Crippen molar-refractivity contribution in [2.75, 3.05) is 11.4 Å². The van der Waals surface area contributed by atoms with Crippen LogP contribution < -0.4 is 4.90 Å². The SMILES string of the molecule is C#CCN1C(=O)C(=O)c2cccc(Cl)c21. The number of ketones is 1. The molecule has 2 rings (SSSR count). The van der Waals surface area contributed by atoms with Crippen molar-refractivity contribution < 1.29 is 9.59 Å². The van der Waals surface area contributed by atoms with Crippen LogP contribution in [0.15, 0.2) is 18.2 Å². The van der Waals surface area contributed by atoms with Gasteiger partial charge in [0.25, 0.3) is 11.7 Å². The first kappa shape index (κ1) is 9.75. The fraction of sp³-hybridized carbons (Fsp3) is 0.0909. The number of nitrogens with zero attached hydrogens (tertiary/aromatic N) is 1. The van der Waals surface area contributed by atoms with Gasteiger partial charge in [0.05, 0.1) is 22.8 Å². The predicted octanol–water partition coefficient (Wildman–Crippen LogP) is 1.50. The van der Waals surface area contributed by atoms with Crippen molar-refractivity contribution in [3.05, 3.63) is 28.8 Å². The van der Waals surface area contributed by atoms with Crippen molar-refractivity contribution in [1.29, 1.82) is 0 Å². The molecule has 3 nitrogen and oxygen atoms in total. The number of anilines is 1. The lowest BCUT2D eigenvalue weighted by molar-refractivity contribution is -0.114. The first-order chi connectivity index (χ1) is 7.16. The van der Waals surface area contributed by atoms with Crippen LogP contribution in [0.5, 0.6) is 0 Å². The Morgan fingerprint density at radius 3 is 2.80 bits per heavy atom. The first-order valence-electron chi connectivity index (χ1n) is 4.25. The Balaban J connectivity index is 2.63. The second-order valence-corrected chi connectivity index (χ2v) is 3.47. The summed E-state index contributed by atoms with van der Waals surface area (Å²) in [5, 5.41) is 0.363. The summed E-state index contributed by atoms with van der Waals surface area (Å²) in [6.07, 6.45) is 5.12. The standard InChI is InChI=1S/C11H6ClNO2/c1-2-6-13-9-7(10(14)11(13)15)4-3-5-8(9)12/h1,3-5H,6H2. The minimum absolute atomic E-state index is 0.0569. The lowest BCUT2D eigenvalue weighted by Crippen LogP contribution is -2.30. The summed E-state index contributed by atoms with van der Waals surface area (Å²) in [6, 6.07) is 4.82. The normalized spacial score (nSPS) is 14.0. The molecule has 0 N–H and O–H groups in total. The number of terminal acetylenes is 1. The van der Waals surface area contributed by atoms with Gasteiger partial charge in [-0.15, -0.1) is 6.42 Å². The Kier molecular flexibility index (Phi) is 2.22. The molecular formula is C11H6ClNO2. The third kappa shape index (κ3) is 1.31. The molecule has 0 aliphatic carbocycles. The number of Topliss-reactive ketones (excluding diaryl/α,β-unsaturated/α-hetero) is 1. The first-order valence-corrected chi connectivity index (χ1v) is 4.62. The smallest absolute Gasteiger partial charge is 0.292 e. The van der Waals surface area contributed by atoms with E-state index in [1.165, 1.54) is 4.90 Å². The Bertz CT molecular complexity index is 502. The molecule has 1 aliphatic rings. The highest BCUT2D eigenvalue weighted by molar-refractivity contribution is 6.54. The van der Waals surface area contributed by atoms with E-state index < -0.39 is 11.7 Å². The van der Waals surface area contributed by atoms with Crippen molar-refractivity contribution in [3.8, 4) is 12.3 Å². The average molecular weight is 220 g/mol. The summed E-state index contributed by atoms with van der Waals surface area (Å²) in [4.78, 5) is 24.3. The van der Waals surface area contributed by atoms with Crippen LogP contribution in [-0.4, -0.2) is 18.2 Å². The van der Waals surface area contributed by atoms with Crippen molar-refractivity contribution >= 4 is 29.0 Å². The third-order valence-corrected chi connectivity index (χ3v) is 2.50. The third-order valence-electron chi connectivity index (χ3n) is 2.19. The molecule has 1 aromatic carbocycles. The maximum atomic E-state index is 11.5. The van der Waals surface area contributed by atoms with Crippen LogP contribution in [0.3, 0.4) is 0 Å². The Hall–Kier alpha value is -1.79. The summed E-state index contributed by atoms with van der Waals surface area (Å²) in [5.74, 6) is 1.16. The van der Waals surface area contributed by atoms with Gasteiger partial charge in [-0.3, -0.25) is 14.5 Å². The van der Waals surface area contributed by atoms with Gasteiger partial charge in [0.15, 0.2) is 0 Å². The van der Waals surface area contributed by atoms with Gasteiger partial charge in [-0.05, 0) is 12.1 Å². The number of hydrogen-bond donors (Lipinski definition) is 0.